The van der Waals surface area contributed by atoms with Crippen LogP contribution in [0.1, 0.15) is 59.8 Å². The SMILES string of the molecule is CN(C(=O)[C@H](Cc1cc(F)cc(F)c1)NC(=O)[NH+]([O-])C(=O)N[C@](S)(Cc1cc(F)cc(F)c1)C(=O)N(C)c1ccc(C2CC2)cc1)c1ccc(C2CC2)cc1. The lowest BCUT2D eigenvalue weighted by Crippen LogP contribution is -3.16. The summed E-state index contributed by atoms with van der Waals surface area (Å²) >= 11 is 4.44. The highest BCUT2D eigenvalue weighted by molar-refractivity contribution is 7.82. The number of hydrogen-bond donors (Lipinski definition) is 4. The number of quaternary nitrogens is 1. The van der Waals surface area contributed by atoms with Crippen molar-refractivity contribution in [3.8, 4) is 0 Å². The first-order chi connectivity index (χ1) is 26.1. The van der Waals surface area contributed by atoms with E-state index in [1.165, 1.54) is 19.0 Å². The molecule has 2 aliphatic carbocycles. The molecule has 0 saturated heterocycles. The molecule has 2 fully saturated rings. The first-order valence-corrected chi connectivity index (χ1v) is 18.1. The van der Waals surface area contributed by atoms with E-state index >= 15 is 0 Å². The van der Waals surface area contributed by atoms with Gasteiger partial charge in [0.2, 0.25) is 5.91 Å². The lowest BCUT2D eigenvalue weighted by molar-refractivity contribution is -0.664. The number of thiol groups is 1. The number of anilines is 2. The van der Waals surface area contributed by atoms with Crippen LogP contribution in [0.3, 0.4) is 0 Å². The van der Waals surface area contributed by atoms with Crippen molar-refractivity contribution < 1.29 is 41.8 Å². The third-order valence-corrected chi connectivity index (χ3v) is 10.2. The molecule has 6 amide bonds. The molecule has 4 aromatic rings. The van der Waals surface area contributed by atoms with E-state index in [0.717, 1.165) is 66.0 Å². The lowest BCUT2D eigenvalue weighted by Gasteiger charge is -2.33. The van der Waals surface area contributed by atoms with Crippen molar-refractivity contribution in [1.82, 2.24) is 10.6 Å². The fraction of sp³-hybridized carbons (Fsp3) is 0.300. The monoisotopic (exact) mass is 777 g/mol. The molecular weight excluding hydrogens is 739 g/mol. The predicted octanol–water partition coefficient (Wildman–Crippen LogP) is 5.91. The Bertz CT molecular complexity index is 2060. The van der Waals surface area contributed by atoms with Gasteiger partial charge in [-0.15, -0.1) is 12.6 Å². The van der Waals surface area contributed by atoms with Gasteiger partial charge in [-0.3, -0.25) is 20.2 Å². The number of carbonyl (C=O) groups is 4. The molecule has 15 heteroatoms. The number of hydrogen-bond acceptors (Lipinski definition) is 6. The maximum atomic E-state index is 14.2. The molecule has 0 aliphatic heterocycles. The Morgan fingerprint density at radius 2 is 1.16 bits per heavy atom. The number of amides is 6. The Balaban J connectivity index is 1.23. The normalized spacial score (nSPS) is 16.0. The summed E-state index contributed by atoms with van der Waals surface area (Å²) in [7, 11) is 2.80. The molecule has 10 nitrogen and oxygen atoms in total. The summed E-state index contributed by atoms with van der Waals surface area (Å²) in [5, 5.41) is 16.0. The number of halogens is 4. The van der Waals surface area contributed by atoms with Crippen LogP contribution in [0.25, 0.3) is 0 Å². The number of nitrogens with zero attached hydrogens (tertiary/aromatic N) is 2. The molecule has 4 aromatic carbocycles. The second kappa shape index (κ2) is 16.2. The van der Waals surface area contributed by atoms with Crippen molar-refractivity contribution in [2.45, 2.75) is 61.3 Å². The van der Waals surface area contributed by atoms with E-state index in [9.17, 15) is 41.9 Å². The van der Waals surface area contributed by atoms with E-state index in [-0.39, 0.29) is 11.1 Å². The molecule has 0 heterocycles. The van der Waals surface area contributed by atoms with Gasteiger partial charge in [0.1, 0.15) is 29.3 Å². The average molecular weight is 778 g/mol. The van der Waals surface area contributed by atoms with Crippen LogP contribution >= 0.6 is 12.6 Å². The highest BCUT2D eigenvalue weighted by Gasteiger charge is 2.42. The van der Waals surface area contributed by atoms with Crippen LogP contribution in [0, 0.1) is 28.5 Å². The van der Waals surface area contributed by atoms with Crippen LogP contribution in [-0.4, -0.2) is 48.9 Å². The second-order valence-electron chi connectivity index (χ2n) is 14.1. The van der Waals surface area contributed by atoms with Gasteiger partial charge >= 0.3 is 12.1 Å². The predicted molar refractivity (Wildman–Crippen MR) is 201 cm³/mol. The molecule has 0 aromatic heterocycles. The molecule has 0 bridgehead atoms. The van der Waals surface area contributed by atoms with Crippen molar-refractivity contribution in [3.05, 3.63) is 136 Å². The zero-order valence-electron chi connectivity index (χ0n) is 30.0. The van der Waals surface area contributed by atoms with Gasteiger partial charge in [-0.2, -0.15) is 0 Å². The minimum Gasteiger partial charge on any atom is -0.616 e. The van der Waals surface area contributed by atoms with Gasteiger partial charge in [0.15, 0.2) is 4.87 Å². The van der Waals surface area contributed by atoms with Crippen molar-refractivity contribution in [2.75, 3.05) is 23.9 Å². The summed E-state index contributed by atoms with van der Waals surface area (Å²) in [5.74, 6) is -4.62. The van der Waals surface area contributed by atoms with Gasteiger partial charge in [-0.25, -0.2) is 32.2 Å². The van der Waals surface area contributed by atoms with E-state index in [1.807, 2.05) is 24.3 Å². The second-order valence-corrected chi connectivity index (χ2v) is 14.9. The van der Waals surface area contributed by atoms with Gasteiger partial charge in [-0.1, -0.05) is 24.3 Å². The maximum Gasteiger partial charge on any atom is 0.425 e. The van der Waals surface area contributed by atoms with E-state index < -0.39 is 76.0 Å². The minimum absolute atomic E-state index is 0.0268. The Hall–Kier alpha value is -5.25. The van der Waals surface area contributed by atoms with Gasteiger partial charge in [-0.05, 0) is 108 Å². The van der Waals surface area contributed by atoms with Crippen molar-refractivity contribution in [2.24, 2.45) is 0 Å². The van der Waals surface area contributed by atoms with Crippen molar-refractivity contribution in [3.63, 3.8) is 0 Å². The molecule has 55 heavy (non-hydrogen) atoms. The lowest BCUT2D eigenvalue weighted by atomic mass is 10.0. The first-order valence-electron chi connectivity index (χ1n) is 17.7. The molecular formula is C40H39F4N5O5S. The van der Waals surface area contributed by atoms with Crippen LogP contribution in [0.4, 0.5) is 38.5 Å². The van der Waals surface area contributed by atoms with Crippen LogP contribution in [0.5, 0.6) is 0 Å². The van der Waals surface area contributed by atoms with Gasteiger partial charge in [0.05, 0.1) is 0 Å². The summed E-state index contributed by atoms with van der Waals surface area (Å²) in [5.41, 5.74) is 2.87. The molecule has 6 rings (SSSR count). The van der Waals surface area contributed by atoms with Crippen LogP contribution in [-0.2, 0) is 22.4 Å². The maximum absolute atomic E-state index is 14.2. The van der Waals surface area contributed by atoms with Crippen LogP contribution < -0.4 is 25.5 Å². The van der Waals surface area contributed by atoms with Crippen LogP contribution in [0.2, 0.25) is 0 Å². The molecule has 0 spiro atoms. The Kier molecular flexibility index (Phi) is 11.6. The van der Waals surface area contributed by atoms with Gasteiger partial charge in [0, 0.05) is 50.4 Å². The number of likely N-dealkylation sites (N-methyl/N-ethyl adjacent to an activating group) is 2. The number of imide groups is 1. The highest BCUT2D eigenvalue weighted by atomic mass is 32.1. The third-order valence-electron chi connectivity index (χ3n) is 9.73. The van der Waals surface area contributed by atoms with Crippen molar-refractivity contribution >= 4 is 47.9 Å². The first kappa shape index (κ1) is 39.4. The number of hydroxylamine groups is 2. The minimum atomic E-state index is -2.33. The number of carbonyl (C=O) groups excluding carboxylic acids is 4. The molecule has 0 radical (unpaired) electrons. The fourth-order valence-corrected chi connectivity index (χ4v) is 6.88. The topological polar surface area (TPSA) is 126 Å². The number of rotatable bonds is 12. The Morgan fingerprint density at radius 1 is 0.727 bits per heavy atom. The zero-order valence-corrected chi connectivity index (χ0v) is 30.8. The average Bonchev–Trinajstić information content (AvgIpc) is 4.07. The summed E-state index contributed by atoms with van der Waals surface area (Å²) in [6.45, 7) is 0. The summed E-state index contributed by atoms with van der Waals surface area (Å²) < 4.78 is 56.7. The smallest absolute Gasteiger partial charge is 0.425 e. The molecule has 3 atom stereocenters. The molecule has 2 saturated carbocycles. The summed E-state index contributed by atoms with van der Waals surface area (Å²) in [6.07, 6.45) is 3.13. The van der Waals surface area contributed by atoms with E-state index in [1.54, 1.807) is 24.3 Å². The van der Waals surface area contributed by atoms with Gasteiger partial charge < -0.3 is 15.0 Å². The summed E-state index contributed by atoms with van der Waals surface area (Å²) in [4.78, 5) is 54.7. The van der Waals surface area contributed by atoms with Crippen molar-refractivity contribution in [1.29, 1.82) is 0 Å². The standard InChI is InChI=1S/C40H39F4N5O5S/c1-47(33-11-7-27(8-12-33)25-3-4-25)36(50)35(19-23-15-29(41)20-30(42)16-23)45-38(52)49(54)39(53)46-40(55,22-24-17-31(43)21-32(44)18-24)37(51)48(2)34-13-9-28(10-14-34)26-5-6-26/h7-18,20-21,25-26,35,49,55H,3-6,19,22H2,1-2H3,(H,45,52)(H,46,53)/t35-,40-/m0/s1. The summed E-state index contributed by atoms with van der Waals surface area (Å²) in [6, 6.07) is 14.4. The number of benzene rings is 4. The third kappa shape index (κ3) is 9.71. The largest absolute Gasteiger partial charge is 0.616 e. The zero-order chi connectivity index (χ0) is 39.6. The highest BCUT2D eigenvalue weighted by Crippen LogP contribution is 2.41. The fourth-order valence-electron chi connectivity index (χ4n) is 6.45. The molecule has 288 valence electrons. The van der Waals surface area contributed by atoms with E-state index in [2.05, 4.69) is 23.3 Å². The Morgan fingerprint density at radius 3 is 1.62 bits per heavy atom. The molecule has 2 aliphatic rings. The quantitative estimate of drug-likeness (QED) is 0.0617. The Labute approximate surface area is 320 Å². The van der Waals surface area contributed by atoms with E-state index in [4.69, 9.17) is 0 Å². The number of nitrogens with one attached hydrogen (secondary N) is 3. The van der Waals surface area contributed by atoms with Crippen LogP contribution in [0.15, 0.2) is 84.9 Å². The number of urea groups is 2. The molecule has 3 N–H and O–H groups in total. The van der Waals surface area contributed by atoms with Gasteiger partial charge in [0.25, 0.3) is 5.91 Å². The van der Waals surface area contributed by atoms with E-state index in [0.29, 0.717) is 35.3 Å². The molecule has 1 unspecified atom stereocenters.